The predicted molar refractivity (Wildman–Crippen MR) is 52.4 cm³/mol. The van der Waals surface area contributed by atoms with E-state index in [2.05, 4.69) is 6.58 Å². The molecule has 3 heteroatoms. The zero-order chi connectivity index (χ0) is 10.7. The van der Waals surface area contributed by atoms with Crippen molar-refractivity contribution in [2.75, 3.05) is 0 Å². The van der Waals surface area contributed by atoms with Gasteiger partial charge in [-0.1, -0.05) is 18.2 Å². The molecule has 0 aliphatic carbocycles. The molecule has 0 aliphatic rings. The van der Waals surface area contributed by atoms with Crippen LogP contribution in [0.15, 0.2) is 24.8 Å². The van der Waals surface area contributed by atoms with Crippen LogP contribution in [0.25, 0.3) is 5.57 Å². The Bertz CT molecular complexity index is 383. The van der Waals surface area contributed by atoms with Gasteiger partial charge in [0, 0.05) is 0 Å². The van der Waals surface area contributed by atoms with Gasteiger partial charge < -0.3 is 5.11 Å². The van der Waals surface area contributed by atoms with Crippen LogP contribution in [0.1, 0.15) is 18.1 Å². The summed E-state index contributed by atoms with van der Waals surface area (Å²) >= 11 is 0. The Hall–Kier alpha value is -1.64. The van der Waals surface area contributed by atoms with Crippen LogP contribution in [0, 0.1) is 5.82 Å². The molecule has 0 saturated heterocycles. The van der Waals surface area contributed by atoms with Crippen molar-refractivity contribution in [2.24, 2.45) is 0 Å². The summed E-state index contributed by atoms with van der Waals surface area (Å²) in [6, 6.07) is 4.09. The van der Waals surface area contributed by atoms with Gasteiger partial charge in [-0.3, -0.25) is 4.79 Å². The first-order valence-corrected chi connectivity index (χ1v) is 4.17. The van der Waals surface area contributed by atoms with Crippen molar-refractivity contribution in [3.8, 4) is 0 Å². The van der Waals surface area contributed by atoms with Crippen LogP contribution in [-0.2, 0) is 11.2 Å². The van der Waals surface area contributed by atoms with Crippen molar-refractivity contribution in [3.05, 3.63) is 41.7 Å². The van der Waals surface area contributed by atoms with Gasteiger partial charge in [0.15, 0.2) is 0 Å². The second-order valence-corrected chi connectivity index (χ2v) is 3.15. The number of benzene rings is 1. The highest BCUT2D eigenvalue weighted by molar-refractivity contribution is 5.74. The normalized spacial score (nSPS) is 9.86. The van der Waals surface area contributed by atoms with Gasteiger partial charge in [-0.25, -0.2) is 4.39 Å². The van der Waals surface area contributed by atoms with E-state index in [0.717, 1.165) is 5.57 Å². The number of carboxylic acid groups (broad SMARTS) is 1. The fourth-order valence-corrected chi connectivity index (χ4v) is 1.29. The van der Waals surface area contributed by atoms with Crippen molar-refractivity contribution in [3.63, 3.8) is 0 Å². The molecular formula is C11H11FO2. The van der Waals surface area contributed by atoms with Crippen molar-refractivity contribution in [2.45, 2.75) is 13.3 Å². The average Bonchev–Trinajstić information content (AvgIpc) is 2.01. The zero-order valence-electron chi connectivity index (χ0n) is 7.88. The molecule has 1 aromatic rings. The number of aliphatic carboxylic acids is 1. The Kier molecular flexibility index (Phi) is 3.02. The first-order valence-electron chi connectivity index (χ1n) is 4.17. The van der Waals surface area contributed by atoms with E-state index in [9.17, 15) is 9.18 Å². The number of allylic oxidation sites excluding steroid dienone is 1. The Labute approximate surface area is 81.7 Å². The van der Waals surface area contributed by atoms with Crippen LogP contribution in [0.5, 0.6) is 0 Å². The number of halogens is 1. The predicted octanol–water partition coefficient (Wildman–Crippen LogP) is 2.49. The highest BCUT2D eigenvalue weighted by atomic mass is 19.1. The molecule has 0 radical (unpaired) electrons. The number of carbonyl (C=O) groups is 1. The van der Waals surface area contributed by atoms with E-state index in [4.69, 9.17) is 5.11 Å². The van der Waals surface area contributed by atoms with E-state index in [0.29, 0.717) is 11.1 Å². The highest BCUT2D eigenvalue weighted by Gasteiger charge is 2.08. The summed E-state index contributed by atoms with van der Waals surface area (Å²) in [5.41, 5.74) is 1.90. The lowest BCUT2D eigenvalue weighted by Gasteiger charge is -2.06. The minimum Gasteiger partial charge on any atom is -0.481 e. The lowest BCUT2D eigenvalue weighted by molar-refractivity contribution is -0.136. The van der Waals surface area contributed by atoms with Gasteiger partial charge >= 0.3 is 5.97 Å². The fourth-order valence-electron chi connectivity index (χ4n) is 1.29. The van der Waals surface area contributed by atoms with Crippen LogP contribution in [-0.4, -0.2) is 11.1 Å². The number of hydrogen-bond acceptors (Lipinski definition) is 1. The van der Waals surface area contributed by atoms with Gasteiger partial charge in [-0.05, 0) is 30.2 Å². The minimum absolute atomic E-state index is 0.181. The number of rotatable bonds is 3. The molecule has 14 heavy (non-hydrogen) atoms. The number of hydrogen-bond donors (Lipinski definition) is 1. The third kappa shape index (κ3) is 2.42. The first-order chi connectivity index (χ1) is 6.50. The lowest BCUT2D eigenvalue weighted by atomic mass is 9.99. The SMILES string of the molecule is C=C(C)c1ccc(F)cc1CC(=O)O. The lowest BCUT2D eigenvalue weighted by Crippen LogP contribution is -2.03. The average molecular weight is 194 g/mol. The van der Waals surface area contributed by atoms with Crippen molar-refractivity contribution in [1.82, 2.24) is 0 Å². The van der Waals surface area contributed by atoms with Gasteiger partial charge in [-0.15, -0.1) is 0 Å². The molecule has 0 spiro atoms. The summed E-state index contributed by atoms with van der Waals surface area (Å²) in [4.78, 5) is 10.5. The molecular weight excluding hydrogens is 183 g/mol. The molecule has 0 atom stereocenters. The summed E-state index contributed by atoms with van der Waals surface area (Å²) in [7, 11) is 0. The molecule has 0 unspecified atom stereocenters. The van der Waals surface area contributed by atoms with Crippen molar-refractivity contribution < 1.29 is 14.3 Å². The van der Waals surface area contributed by atoms with Crippen LogP contribution < -0.4 is 0 Å². The maximum atomic E-state index is 12.8. The standard InChI is InChI=1S/C11H11FO2/c1-7(2)10-4-3-9(12)5-8(10)6-11(13)14/h3-5H,1,6H2,2H3,(H,13,14). The van der Waals surface area contributed by atoms with E-state index >= 15 is 0 Å². The molecule has 0 aliphatic heterocycles. The molecule has 0 saturated carbocycles. The van der Waals surface area contributed by atoms with Crippen molar-refractivity contribution in [1.29, 1.82) is 0 Å². The summed E-state index contributed by atoms with van der Waals surface area (Å²) in [5.74, 6) is -1.40. The molecule has 1 rings (SSSR count). The largest absolute Gasteiger partial charge is 0.481 e. The van der Waals surface area contributed by atoms with E-state index in [1.165, 1.54) is 12.1 Å². The Balaban J connectivity index is 3.15. The second-order valence-electron chi connectivity index (χ2n) is 3.15. The van der Waals surface area contributed by atoms with E-state index < -0.39 is 11.8 Å². The molecule has 2 nitrogen and oxygen atoms in total. The van der Waals surface area contributed by atoms with Crippen LogP contribution in [0.3, 0.4) is 0 Å². The molecule has 74 valence electrons. The smallest absolute Gasteiger partial charge is 0.307 e. The molecule has 1 aromatic carbocycles. The van der Waals surface area contributed by atoms with Gasteiger partial charge in [0.2, 0.25) is 0 Å². The molecule has 0 amide bonds. The molecule has 0 bridgehead atoms. The quantitative estimate of drug-likeness (QED) is 0.802. The summed E-state index contributed by atoms with van der Waals surface area (Å²) < 4.78 is 12.8. The van der Waals surface area contributed by atoms with E-state index in [-0.39, 0.29) is 6.42 Å². The summed E-state index contributed by atoms with van der Waals surface area (Å²) in [6.45, 7) is 5.47. The topological polar surface area (TPSA) is 37.3 Å². The van der Waals surface area contributed by atoms with Crippen molar-refractivity contribution >= 4 is 11.5 Å². The van der Waals surface area contributed by atoms with Gasteiger partial charge in [0.25, 0.3) is 0 Å². The van der Waals surface area contributed by atoms with Gasteiger partial charge in [-0.2, -0.15) is 0 Å². The van der Waals surface area contributed by atoms with E-state index in [1.807, 2.05) is 0 Å². The van der Waals surface area contributed by atoms with E-state index in [1.54, 1.807) is 13.0 Å². The Morgan fingerprint density at radius 1 is 1.57 bits per heavy atom. The van der Waals surface area contributed by atoms with Crippen LogP contribution in [0.4, 0.5) is 4.39 Å². The minimum atomic E-state index is -0.974. The molecule has 0 fully saturated rings. The monoisotopic (exact) mass is 194 g/mol. The molecule has 0 heterocycles. The van der Waals surface area contributed by atoms with Crippen LogP contribution in [0.2, 0.25) is 0 Å². The highest BCUT2D eigenvalue weighted by Crippen LogP contribution is 2.19. The molecule has 0 aromatic heterocycles. The van der Waals surface area contributed by atoms with Gasteiger partial charge in [0.1, 0.15) is 5.82 Å². The molecule has 1 N–H and O–H groups in total. The first kappa shape index (κ1) is 10.4. The second kappa shape index (κ2) is 4.05. The Morgan fingerprint density at radius 3 is 2.71 bits per heavy atom. The third-order valence-electron chi connectivity index (χ3n) is 1.87. The Morgan fingerprint density at radius 2 is 2.21 bits per heavy atom. The fraction of sp³-hybridized carbons (Fsp3) is 0.182. The summed E-state index contributed by atoms with van der Waals surface area (Å²) in [6.07, 6.45) is -0.181. The van der Waals surface area contributed by atoms with Crippen LogP contribution >= 0.6 is 0 Å². The third-order valence-corrected chi connectivity index (χ3v) is 1.87. The zero-order valence-corrected chi connectivity index (χ0v) is 7.88. The number of carboxylic acids is 1. The maximum Gasteiger partial charge on any atom is 0.307 e. The maximum absolute atomic E-state index is 12.8. The van der Waals surface area contributed by atoms with Gasteiger partial charge in [0.05, 0.1) is 6.42 Å². The summed E-state index contributed by atoms with van der Waals surface area (Å²) in [5, 5.41) is 8.61.